The third kappa shape index (κ3) is 3.72. The first-order chi connectivity index (χ1) is 14.7. The van der Waals surface area contributed by atoms with Crippen molar-refractivity contribution in [2.75, 3.05) is 5.73 Å². The fraction of sp³-hybridized carbons (Fsp3) is 0.0435. The second-order valence-corrected chi connectivity index (χ2v) is 6.89. The summed E-state index contributed by atoms with van der Waals surface area (Å²) in [6, 6.07) is 17.7. The van der Waals surface area contributed by atoms with Crippen LogP contribution in [0.25, 0.3) is 39.4 Å². The van der Waals surface area contributed by atoms with Crippen LogP contribution >= 0.6 is 12.4 Å². The standard InChI is InChI=1S/C23H19N7.ClH/c24-12-15-5-7-18(8-6-15)30-22(19-4-2-10-27-21(19)25)29-20-11-17(14-28-23(20)30)16-3-1-9-26-13-16;/h1-11,13-14H,12,24H2,(H2,25,27);1H. The lowest BCUT2D eigenvalue weighted by Gasteiger charge is -2.11. The van der Waals surface area contributed by atoms with Crippen LogP contribution in [0.5, 0.6) is 0 Å². The minimum atomic E-state index is 0. The largest absolute Gasteiger partial charge is 0.383 e. The monoisotopic (exact) mass is 429 g/mol. The summed E-state index contributed by atoms with van der Waals surface area (Å²) in [7, 11) is 0. The third-order valence-corrected chi connectivity index (χ3v) is 5.00. The quantitative estimate of drug-likeness (QED) is 0.446. The Kier molecular flexibility index (Phi) is 5.62. The Hall–Kier alpha value is -3.81. The summed E-state index contributed by atoms with van der Waals surface area (Å²) in [5.74, 6) is 1.10. The van der Waals surface area contributed by atoms with E-state index in [0.717, 1.165) is 39.1 Å². The number of nitrogen functional groups attached to an aromatic ring is 1. The number of hydrogen-bond donors (Lipinski definition) is 2. The Morgan fingerprint density at radius 1 is 0.871 bits per heavy atom. The summed E-state index contributed by atoms with van der Waals surface area (Å²) < 4.78 is 2.00. The minimum Gasteiger partial charge on any atom is -0.383 e. The fourth-order valence-corrected chi connectivity index (χ4v) is 3.47. The molecule has 0 bridgehead atoms. The highest BCUT2D eigenvalue weighted by atomic mass is 35.5. The lowest BCUT2D eigenvalue weighted by atomic mass is 10.1. The molecule has 0 aliphatic rings. The summed E-state index contributed by atoms with van der Waals surface area (Å²) >= 11 is 0. The maximum absolute atomic E-state index is 6.18. The number of fused-ring (bicyclic) bond motifs is 1. The second-order valence-electron chi connectivity index (χ2n) is 6.89. The smallest absolute Gasteiger partial charge is 0.164 e. The van der Waals surface area contributed by atoms with Gasteiger partial charge in [0.15, 0.2) is 11.5 Å². The van der Waals surface area contributed by atoms with Crippen LogP contribution in [0.4, 0.5) is 5.82 Å². The lowest BCUT2D eigenvalue weighted by molar-refractivity contribution is 1.05. The molecule has 4 aromatic heterocycles. The van der Waals surface area contributed by atoms with Crippen molar-refractivity contribution in [1.82, 2.24) is 24.5 Å². The third-order valence-electron chi connectivity index (χ3n) is 5.00. The van der Waals surface area contributed by atoms with E-state index >= 15 is 0 Å². The Bertz CT molecular complexity index is 1330. The molecular weight excluding hydrogens is 410 g/mol. The Balaban J connectivity index is 0.00000231. The average molecular weight is 430 g/mol. The number of aromatic nitrogens is 5. The fourth-order valence-electron chi connectivity index (χ4n) is 3.47. The zero-order chi connectivity index (χ0) is 20.5. The first-order valence-corrected chi connectivity index (χ1v) is 9.54. The van der Waals surface area contributed by atoms with Crippen LogP contribution in [-0.4, -0.2) is 24.5 Å². The SMILES string of the molecule is Cl.NCc1ccc(-n2c(-c3cccnc3N)nc3cc(-c4cccnc4)cnc32)cc1. The van der Waals surface area contributed by atoms with Crippen LogP contribution in [0.3, 0.4) is 0 Å². The Labute approximate surface area is 185 Å². The van der Waals surface area contributed by atoms with E-state index in [1.54, 1.807) is 12.4 Å². The minimum absolute atomic E-state index is 0. The number of nitrogens with two attached hydrogens (primary N) is 2. The molecule has 0 radical (unpaired) electrons. The predicted octanol–water partition coefficient (Wildman–Crippen LogP) is 4.01. The molecule has 0 spiro atoms. The van der Waals surface area contributed by atoms with Crippen molar-refractivity contribution in [3.63, 3.8) is 0 Å². The van der Waals surface area contributed by atoms with Crippen LogP contribution in [0, 0.1) is 0 Å². The van der Waals surface area contributed by atoms with E-state index in [4.69, 9.17) is 21.4 Å². The highest BCUT2D eigenvalue weighted by Gasteiger charge is 2.18. The van der Waals surface area contributed by atoms with Crippen molar-refractivity contribution in [2.45, 2.75) is 6.54 Å². The summed E-state index contributed by atoms with van der Waals surface area (Å²) in [6.07, 6.45) is 7.06. The zero-order valence-electron chi connectivity index (χ0n) is 16.5. The number of halogens is 1. The molecule has 154 valence electrons. The highest BCUT2D eigenvalue weighted by molar-refractivity contribution is 5.86. The lowest BCUT2D eigenvalue weighted by Crippen LogP contribution is -2.02. The Morgan fingerprint density at radius 2 is 1.68 bits per heavy atom. The summed E-state index contributed by atoms with van der Waals surface area (Å²) in [4.78, 5) is 18.1. The number of hydrogen-bond acceptors (Lipinski definition) is 6. The Morgan fingerprint density at radius 3 is 2.39 bits per heavy atom. The zero-order valence-corrected chi connectivity index (χ0v) is 17.3. The molecule has 5 aromatic rings. The molecule has 4 heterocycles. The van der Waals surface area contributed by atoms with E-state index in [1.807, 2.05) is 71.6 Å². The van der Waals surface area contributed by atoms with E-state index in [-0.39, 0.29) is 12.4 Å². The molecule has 7 nitrogen and oxygen atoms in total. The van der Waals surface area contributed by atoms with E-state index < -0.39 is 0 Å². The van der Waals surface area contributed by atoms with Crippen LogP contribution in [0.1, 0.15) is 5.56 Å². The number of nitrogens with zero attached hydrogens (tertiary/aromatic N) is 5. The van der Waals surface area contributed by atoms with Gasteiger partial charge in [0.05, 0.1) is 5.56 Å². The van der Waals surface area contributed by atoms with Gasteiger partial charge in [-0.1, -0.05) is 18.2 Å². The molecule has 1 aromatic carbocycles. The number of rotatable bonds is 4. The van der Waals surface area contributed by atoms with E-state index in [2.05, 4.69) is 9.97 Å². The van der Waals surface area contributed by atoms with E-state index in [9.17, 15) is 0 Å². The van der Waals surface area contributed by atoms with Gasteiger partial charge >= 0.3 is 0 Å². The van der Waals surface area contributed by atoms with Crippen LogP contribution in [0.15, 0.2) is 79.4 Å². The maximum atomic E-state index is 6.18. The first-order valence-electron chi connectivity index (χ1n) is 9.54. The van der Waals surface area contributed by atoms with Gasteiger partial charge in [-0.25, -0.2) is 15.0 Å². The molecule has 31 heavy (non-hydrogen) atoms. The van der Waals surface area contributed by atoms with Crippen molar-refractivity contribution in [3.8, 4) is 28.2 Å². The number of anilines is 1. The second kappa shape index (κ2) is 8.51. The molecule has 0 unspecified atom stereocenters. The molecule has 5 rings (SSSR count). The summed E-state index contributed by atoms with van der Waals surface area (Å²) in [6.45, 7) is 0.486. The van der Waals surface area contributed by atoms with Gasteiger partial charge in [-0.15, -0.1) is 12.4 Å². The van der Waals surface area contributed by atoms with Gasteiger partial charge < -0.3 is 11.5 Å². The van der Waals surface area contributed by atoms with Crippen molar-refractivity contribution in [1.29, 1.82) is 0 Å². The molecule has 0 saturated carbocycles. The number of pyridine rings is 3. The van der Waals surface area contributed by atoms with Crippen molar-refractivity contribution < 1.29 is 0 Å². The van der Waals surface area contributed by atoms with Crippen LogP contribution < -0.4 is 11.5 Å². The van der Waals surface area contributed by atoms with Gasteiger partial charge in [0.1, 0.15) is 11.3 Å². The normalized spacial score (nSPS) is 10.7. The summed E-state index contributed by atoms with van der Waals surface area (Å²) in [5, 5.41) is 0. The van der Waals surface area contributed by atoms with E-state index in [1.165, 1.54) is 0 Å². The van der Waals surface area contributed by atoms with Crippen molar-refractivity contribution in [3.05, 3.63) is 84.9 Å². The van der Waals surface area contributed by atoms with Crippen molar-refractivity contribution >= 4 is 29.4 Å². The molecular formula is C23H20ClN7. The maximum Gasteiger partial charge on any atom is 0.164 e. The van der Waals surface area contributed by atoms with Gasteiger partial charge in [-0.3, -0.25) is 9.55 Å². The first kappa shape index (κ1) is 20.5. The number of imidazole rings is 1. The van der Waals surface area contributed by atoms with Gasteiger partial charge in [0.2, 0.25) is 0 Å². The molecule has 4 N–H and O–H groups in total. The molecule has 0 fully saturated rings. The average Bonchev–Trinajstić information content (AvgIpc) is 3.18. The molecule has 0 amide bonds. The molecule has 0 saturated heterocycles. The topological polar surface area (TPSA) is 109 Å². The van der Waals surface area contributed by atoms with Crippen LogP contribution in [-0.2, 0) is 6.54 Å². The summed E-state index contributed by atoms with van der Waals surface area (Å²) in [5.41, 5.74) is 18.1. The van der Waals surface area contributed by atoms with Gasteiger partial charge in [0, 0.05) is 48.1 Å². The van der Waals surface area contributed by atoms with Crippen molar-refractivity contribution in [2.24, 2.45) is 5.73 Å². The molecule has 0 aliphatic heterocycles. The van der Waals surface area contributed by atoms with Gasteiger partial charge in [0.25, 0.3) is 0 Å². The highest BCUT2D eigenvalue weighted by Crippen LogP contribution is 2.31. The van der Waals surface area contributed by atoms with Crippen LogP contribution in [0.2, 0.25) is 0 Å². The predicted molar refractivity (Wildman–Crippen MR) is 125 cm³/mol. The number of benzene rings is 1. The van der Waals surface area contributed by atoms with Gasteiger partial charge in [-0.2, -0.15) is 0 Å². The van der Waals surface area contributed by atoms with Gasteiger partial charge in [-0.05, 0) is 42.0 Å². The molecule has 0 aliphatic carbocycles. The molecule has 8 heteroatoms. The molecule has 0 atom stereocenters. The van der Waals surface area contributed by atoms with E-state index in [0.29, 0.717) is 18.2 Å².